The lowest BCUT2D eigenvalue weighted by Gasteiger charge is -2.34. The molecule has 1 aliphatic rings. The van der Waals surface area contributed by atoms with Crippen molar-refractivity contribution >= 4 is 28.2 Å². The number of rotatable bonds is 5. The summed E-state index contributed by atoms with van der Waals surface area (Å²) in [5.41, 5.74) is 1.23. The maximum atomic E-state index is 12.7. The van der Waals surface area contributed by atoms with E-state index in [1.54, 1.807) is 23.5 Å². The quantitative estimate of drug-likeness (QED) is 0.705. The number of carbonyl (C=O) groups excluding carboxylic acids is 1. The lowest BCUT2D eigenvalue weighted by molar-refractivity contribution is 0.0899. The lowest BCUT2D eigenvalue weighted by Crippen LogP contribution is -2.40. The normalized spacial score (nSPS) is 16.2. The minimum atomic E-state index is -0.348. The average Bonchev–Trinajstić information content (AvgIpc) is 3.23. The van der Waals surface area contributed by atoms with Gasteiger partial charge in [0.05, 0.1) is 11.4 Å². The first-order chi connectivity index (χ1) is 13.6. The van der Waals surface area contributed by atoms with Crippen molar-refractivity contribution in [3.8, 4) is 0 Å². The summed E-state index contributed by atoms with van der Waals surface area (Å²) in [4.78, 5) is 28.8. The summed E-state index contributed by atoms with van der Waals surface area (Å²) in [7, 11) is 0. The van der Waals surface area contributed by atoms with Gasteiger partial charge >= 0.3 is 0 Å². The predicted octanol–water partition coefficient (Wildman–Crippen LogP) is 4.12. The second-order valence-electron chi connectivity index (χ2n) is 7.31. The van der Waals surface area contributed by atoms with Gasteiger partial charge in [-0.25, -0.2) is 0 Å². The summed E-state index contributed by atoms with van der Waals surface area (Å²) in [5.74, 6) is -0.286. The Hall–Kier alpha value is -2.44. The summed E-state index contributed by atoms with van der Waals surface area (Å²) in [6, 6.07) is 11.0. The van der Waals surface area contributed by atoms with Crippen LogP contribution < -0.4 is 10.7 Å². The number of amides is 1. The molecule has 1 unspecified atom stereocenters. The summed E-state index contributed by atoms with van der Waals surface area (Å²) in [6.45, 7) is 4.51. The number of hydrogen-bond donors (Lipinski definition) is 1. The molecule has 0 bridgehead atoms. The molecule has 1 N–H and O–H groups in total. The zero-order valence-electron chi connectivity index (χ0n) is 15.9. The van der Waals surface area contributed by atoms with Crippen LogP contribution in [0.2, 0.25) is 0 Å². The van der Waals surface area contributed by atoms with Crippen molar-refractivity contribution in [2.45, 2.75) is 32.2 Å². The standard InChI is InChI=1S/C22H24N2O3S/c1-15-7-8-16-18(25)13-20(27-19(16)12-15)22(26)23-14-17(21-6-5-11-28-21)24-9-3-2-4-10-24/h5-8,11-13,17H,2-4,9-10,14H2,1H3,(H,23,26). The smallest absolute Gasteiger partial charge is 0.287 e. The van der Waals surface area contributed by atoms with Crippen molar-refractivity contribution in [3.63, 3.8) is 0 Å². The van der Waals surface area contributed by atoms with Crippen molar-refractivity contribution in [2.24, 2.45) is 0 Å². The van der Waals surface area contributed by atoms with E-state index in [9.17, 15) is 9.59 Å². The van der Waals surface area contributed by atoms with Crippen molar-refractivity contribution in [1.82, 2.24) is 10.2 Å². The summed E-state index contributed by atoms with van der Waals surface area (Å²) >= 11 is 1.71. The number of nitrogens with one attached hydrogen (secondary N) is 1. The van der Waals surface area contributed by atoms with Crippen molar-refractivity contribution in [1.29, 1.82) is 0 Å². The molecule has 2 aromatic heterocycles. The molecular weight excluding hydrogens is 372 g/mol. The lowest BCUT2D eigenvalue weighted by atomic mass is 10.1. The summed E-state index contributed by atoms with van der Waals surface area (Å²) < 4.78 is 5.73. The number of piperidine rings is 1. The molecule has 0 radical (unpaired) electrons. The zero-order valence-corrected chi connectivity index (χ0v) is 16.8. The highest BCUT2D eigenvalue weighted by molar-refractivity contribution is 7.10. The van der Waals surface area contributed by atoms with Crippen molar-refractivity contribution in [2.75, 3.05) is 19.6 Å². The fourth-order valence-corrected chi connectivity index (χ4v) is 4.63. The molecular formula is C22H24N2O3S. The fraction of sp³-hybridized carbons (Fsp3) is 0.364. The fourth-order valence-electron chi connectivity index (χ4n) is 3.77. The van der Waals surface area contributed by atoms with Gasteiger partial charge in [-0.1, -0.05) is 18.6 Å². The highest BCUT2D eigenvalue weighted by Gasteiger charge is 2.24. The van der Waals surface area contributed by atoms with Crippen LogP contribution in [0.15, 0.2) is 51.0 Å². The molecule has 1 saturated heterocycles. The molecule has 1 fully saturated rings. The van der Waals surface area contributed by atoms with Crippen LogP contribution in [0, 0.1) is 6.92 Å². The molecule has 1 aromatic carbocycles. The van der Waals surface area contributed by atoms with Crippen molar-refractivity contribution < 1.29 is 9.21 Å². The second kappa shape index (κ2) is 8.29. The van der Waals surface area contributed by atoms with Gasteiger partial charge in [0, 0.05) is 17.5 Å². The van der Waals surface area contributed by atoms with Crippen LogP contribution in [0.4, 0.5) is 0 Å². The molecule has 146 valence electrons. The number of hydrogen-bond acceptors (Lipinski definition) is 5. The van der Waals surface area contributed by atoms with Gasteiger partial charge in [-0.2, -0.15) is 0 Å². The third kappa shape index (κ3) is 4.03. The van der Waals surface area contributed by atoms with Gasteiger partial charge < -0.3 is 9.73 Å². The predicted molar refractivity (Wildman–Crippen MR) is 112 cm³/mol. The van der Waals surface area contributed by atoms with Crippen LogP contribution in [0.25, 0.3) is 11.0 Å². The first-order valence-corrected chi connectivity index (χ1v) is 10.6. The van der Waals surface area contributed by atoms with Gasteiger partial charge in [0.25, 0.3) is 5.91 Å². The first kappa shape index (κ1) is 18.9. The van der Waals surface area contributed by atoms with E-state index < -0.39 is 0 Å². The van der Waals surface area contributed by atoms with Gasteiger partial charge in [-0.3, -0.25) is 14.5 Å². The summed E-state index contributed by atoms with van der Waals surface area (Å²) in [5, 5.41) is 5.55. The Morgan fingerprint density at radius 2 is 2.04 bits per heavy atom. The molecule has 6 heteroatoms. The molecule has 0 saturated carbocycles. The first-order valence-electron chi connectivity index (χ1n) is 9.72. The van der Waals surface area contributed by atoms with Gasteiger partial charge in [0.1, 0.15) is 5.58 Å². The molecule has 5 nitrogen and oxygen atoms in total. The monoisotopic (exact) mass is 396 g/mol. The number of benzene rings is 1. The van der Waals surface area contributed by atoms with E-state index in [1.165, 1.54) is 30.2 Å². The Balaban J connectivity index is 1.53. The largest absolute Gasteiger partial charge is 0.451 e. The maximum Gasteiger partial charge on any atom is 0.287 e. The van der Waals surface area contributed by atoms with E-state index in [0.29, 0.717) is 17.5 Å². The van der Waals surface area contributed by atoms with Gasteiger partial charge in [-0.05, 0) is 62.0 Å². The van der Waals surface area contributed by atoms with Crippen LogP contribution >= 0.6 is 11.3 Å². The molecule has 1 amide bonds. The van der Waals surface area contributed by atoms with E-state index in [1.807, 2.05) is 19.1 Å². The van der Waals surface area contributed by atoms with E-state index in [-0.39, 0.29) is 23.1 Å². The zero-order chi connectivity index (χ0) is 19.5. The number of carbonyl (C=O) groups is 1. The van der Waals surface area contributed by atoms with Crippen molar-refractivity contribution in [3.05, 3.63) is 68.2 Å². The Labute approximate surface area is 168 Å². The van der Waals surface area contributed by atoms with Crippen LogP contribution in [0.1, 0.15) is 46.3 Å². The number of aryl methyl sites for hydroxylation is 1. The minimum Gasteiger partial charge on any atom is -0.451 e. The third-order valence-electron chi connectivity index (χ3n) is 5.27. The molecule has 4 rings (SSSR count). The third-order valence-corrected chi connectivity index (χ3v) is 6.24. The van der Waals surface area contributed by atoms with Crippen LogP contribution in [0.3, 0.4) is 0 Å². The Bertz CT molecular complexity index is 1020. The Morgan fingerprint density at radius 1 is 1.21 bits per heavy atom. The summed E-state index contributed by atoms with van der Waals surface area (Å²) in [6.07, 6.45) is 3.64. The SMILES string of the molecule is Cc1ccc2c(=O)cc(C(=O)NCC(c3cccs3)N3CCCCC3)oc2c1. The highest BCUT2D eigenvalue weighted by atomic mass is 32.1. The second-order valence-corrected chi connectivity index (χ2v) is 8.29. The van der Waals surface area contributed by atoms with Gasteiger partial charge in [-0.15, -0.1) is 11.3 Å². The van der Waals surface area contributed by atoms with E-state index in [4.69, 9.17) is 4.42 Å². The van der Waals surface area contributed by atoms with Crippen LogP contribution in [0.5, 0.6) is 0 Å². The average molecular weight is 397 g/mol. The Morgan fingerprint density at radius 3 is 2.79 bits per heavy atom. The van der Waals surface area contributed by atoms with Crippen LogP contribution in [-0.2, 0) is 0 Å². The molecule has 0 spiro atoms. The number of fused-ring (bicyclic) bond motifs is 1. The molecule has 3 aromatic rings. The van der Waals surface area contributed by atoms with E-state index in [0.717, 1.165) is 18.7 Å². The maximum absolute atomic E-state index is 12.7. The molecule has 3 heterocycles. The highest BCUT2D eigenvalue weighted by Crippen LogP contribution is 2.27. The topological polar surface area (TPSA) is 62.6 Å². The van der Waals surface area contributed by atoms with Gasteiger partial charge in [0.2, 0.25) is 0 Å². The van der Waals surface area contributed by atoms with E-state index in [2.05, 4.69) is 21.7 Å². The number of likely N-dealkylation sites (tertiary alicyclic amines) is 1. The number of nitrogens with zero attached hydrogens (tertiary/aromatic N) is 1. The molecule has 0 aliphatic carbocycles. The van der Waals surface area contributed by atoms with E-state index >= 15 is 0 Å². The Kier molecular flexibility index (Phi) is 5.59. The molecule has 1 aliphatic heterocycles. The van der Waals surface area contributed by atoms with Gasteiger partial charge in [0.15, 0.2) is 11.2 Å². The molecule has 1 atom stereocenters. The molecule has 28 heavy (non-hydrogen) atoms. The van der Waals surface area contributed by atoms with Crippen LogP contribution in [-0.4, -0.2) is 30.4 Å². The number of thiophene rings is 1. The minimum absolute atomic E-state index is 0.0617.